The van der Waals surface area contributed by atoms with E-state index in [4.69, 9.17) is 4.99 Å². The van der Waals surface area contributed by atoms with Gasteiger partial charge in [-0.25, -0.2) is 0 Å². The Bertz CT molecular complexity index is 520. The number of hydrogen-bond donors (Lipinski definition) is 1. The minimum atomic E-state index is 0.220. The minimum absolute atomic E-state index is 0.220. The van der Waals surface area contributed by atoms with E-state index in [1.54, 1.807) is 11.1 Å². The Labute approximate surface area is 109 Å². The van der Waals surface area contributed by atoms with Crippen LogP contribution >= 0.6 is 0 Å². The van der Waals surface area contributed by atoms with Crippen molar-refractivity contribution in [2.45, 2.75) is 50.0 Å². The average Bonchev–Trinajstić information content (AvgIpc) is 2.80. The van der Waals surface area contributed by atoms with E-state index in [1.807, 2.05) is 0 Å². The Morgan fingerprint density at radius 1 is 1.44 bits per heavy atom. The summed E-state index contributed by atoms with van der Waals surface area (Å²) >= 11 is 0. The molecule has 0 radical (unpaired) electrons. The highest BCUT2D eigenvalue weighted by atomic mass is 14.9. The third-order valence-electron chi connectivity index (χ3n) is 5.22. The van der Waals surface area contributed by atoms with Gasteiger partial charge >= 0.3 is 0 Å². The summed E-state index contributed by atoms with van der Waals surface area (Å²) in [7, 11) is 0. The van der Waals surface area contributed by atoms with Crippen molar-refractivity contribution in [1.82, 2.24) is 5.32 Å². The lowest BCUT2D eigenvalue weighted by Crippen LogP contribution is -2.49. The van der Waals surface area contributed by atoms with Crippen molar-refractivity contribution >= 4 is 11.9 Å². The predicted molar refractivity (Wildman–Crippen MR) is 74.9 cm³/mol. The van der Waals surface area contributed by atoms with Crippen LogP contribution in [0, 0.1) is 0 Å². The van der Waals surface area contributed by atoms with Crippen LogP contribution in [0.1, 0.15) is 49.7 Å². The highest BCUT2D eigenvalue weighted by molar-refractivity contribution is 5.87. The lowest BCUT2D eigenvalue weighted by Gasteiger charge is -2.45. The zero-order chi connectivity index (χ0) is 12.2. The molecule has 0 saturated carbocycles. The highest BCUT2D eigenvalue weighted by Gasteiger charge is 2.46. The molecule has 18 heavy (non-hydrogen) atoms. The van der Waals surface area contributed by atoms with E-state index in [9.17, 15) is 0 Å². The summed E-state index contributed by atoms with van der Waals surface area (Å²) in [5.74, 6) is 0.718. The molecule has 1 fully saturated rings. The predicted octanol–water partition coefficient (Wildman–Crippen LogP) is 3.29. The maximum absolute atomic E-state index is 4.70. The second-order valence-electron chi connectivity index (χ2n) is 6.02. The largest absolute Gasteiger partial charge is 0.313 e. The molecular weight excluding hydrogens is 220 g/mol. The van der Waals surface area contributed by atoms with E-state index >= 15 is 0 Å². The van der Waals surface area contributed by atoms with Crippen LogP contribution in [0.15, 0.2) is 23.2 Å². The highest BCUT2D eigenvalue weighted by Crippen LogP contribution is 2.52. The van der Waals surface area contributed by atoms with Gasteiger partial charge in [-0.3, -0.25) is 4.99 Å². The fourth-order valence-electron chi connectivity index (χ4n) is 4.27. The van der Waals surface area contributed by atoms with Gasteiger partial charge in [-0.15, -0.1) is 0 Å². The molecule has 1 aromatic rings. The molecule has 2 heterocycles. The number of benzene rings is 1. The topological polar surface area (TPSA) is 24.4 Å². The Morgan fingerprint density at radius 2 is 2.39 bits per heavy atom. The molecule has 1 unspecified atom stereocenters. The standard InChI is InChI=1S/C16H20N2/c1-2-16-9-14-11(6-4-8-17-14)12-5-3-7-13(15(12)16)18-10-16/h3,5,7,10-11,14,17H,2,4,6,8-9H2,1H3/t11-,14-,16?/m1/s1. The fourth-order valence-corrected chi connectivity index (χ4v) is 4.27. The molecule has 0 amide bonds. The molecule has 2 nitrogen and oxygen atoms in total. The molecule has 0 bridgehead atoms. The zero-order valence-electron chi connectivity index (χ0n) is 10.9. The lowest BCUT2D eigenvalue weighted by molar-refractivity contribution is 0.275. The molecule has 1 aliphatic carbocycles. The summed E-state index contributed by atoms with van der Waals surface area (Å²) < 4.78 is 0. The Morgan fingerprint density at radius 3 is 3.28 bits per heavy atom. The van der Waals surface area contributed by atoms with Crippen molar-refractivity contribution in [3.05, 3.63) is 29.3 Å². The molecule has 4 rings (SSSR count). The van der Waals surface area contributed by atoms with Gasteiger partial charge in [0.05, 0.1) is 5.69 Å². The first-order valence-electron chi connectivity index (χ1n) is 7.26. The van der Waals surface area contributed by atoms with Crippen LogP contribution < -0.4 is 5.32 Å². The first-order valence-corrected chi connectivity index (χ1v) is 7.26. The number of nitrogens with one attached hydrogen (secondary N) is 1. The summed E-state index contributed by atoms with van der Waals surface area (Å²) in [4.78, 5) is 4.70. The maximum atomic E-state index is 4.70. The summed E-state index contributed by atoms with van der Waals surface area (Å²) in [5, 5.41) is 3.75. The van der Waals surface area contributed by atoms with Crippen LogP contribution in [-0.2, 0) is 5.41 Å². The van der Waals surface area contributed by atoms with Crippen LogP contribution in [0.3, 0.4) is 0 Å². The quantitative estimate of drug-likeness (QED) is 0.800. The van der Waals surface area contributed by atoms with Gasteiger partial charge in [0, 0.05) is 17.7 Å². The smallest absolute Gasteiger partial charge is 0.0670 e. The number of fused-ring (bicyclic) bond motifs is 2. The number of aliphatic imine (C=N–C) groups is 1. The molecule has 94 valence electrons. The monoisotopic (exact) mass is 240 g/mol. The lowest BCUT2D eigenvalue weighted by atomic mass is 9.62. The molecule has 2 heteroatoms. The van der Waals surface area contributed by atoms with Crippen LogP contribution in [0.2, 0.25) is 0 Å². The number of piperidine rings is 1. The SMILES string of the molecule is CCC12C=Nc3cccc(c31)[C@H]1CCCN[C@@H]1C2. The second kappa shape index (κ2) is 3.67. The van der Waals surface area contributed by atoms with Gasteiger partial charge in [0.25, 0.3) is 0 Å². The maximum Gasteiger partial charge on any atom is 0.0670 e. The molecule has 1 aromatic carbocycles. The number of rotatable bonds is 1. The first-order chi connectivity index (χ1) is 8.84. The molecule has 3 atom stereocenters. The molecule has 1 N–H and O–H groups in total. The third-order valence-corrected chi connectivity index (χ3v) is 5.22. The van der Waals surface area contributed by atoms with E-state index in [0.717, 1.165) is 5.92 Å². The third kappa shape index (κ3) is 1.24. The Balaban J connectivity index is 1.93. The number of hydrogen-bond acceptors (Lipinski definition) is 2. The van der Waals surface area contributed by atoms with Gasteiger partial charge in [0.15, 0.2) is 0 Å². The van der Waals surface area contributed by atoms with E-state index in [1.165, 1.54) is 37.9 Å². The normalized spacial score (nSPS) is 36.3. The van der Waals surface area contributed by atoms with Crippen molar-refractivity contribution in [2.75, 3.05) is 6.54 Å². The van der Waals surface area contributed by atoms with Crippen LogP contribution in [0.4, 0.5) is 5.69 Å². The van der Waals surface area contributed by atoms with E-state index in [-0.39, 0.29) is 5.41 Å². The Kier molecular flexibility index (Phi) is 2.19. The molecule has 2 aliphatic heterocycles. The first kappa shape index (κ1) is 10.7. The van der Waals surface area contributed by atoms with Crippen molar-refractivity contribution < 1.29 is 0 Å². The minimum Gasteiger partial charge on any atom is -0.313 e. The zero-order valence-corrected chi connectivity index (χ0v) is 10.9. The summed E-state index contributed by atoms with van der Waals surface area (Å²) in [6.45, 7) is 3.49. The fraction of sp³-hybridized carbons (Fsp3) is 0.562. The second-order valence-corrected chi connectivity index (χ2v) is 6.02. The van der Waals surface area contributed by atoms with Gasteiger partial charge in [-0.1, -0.05) is 19.1 Å². The van der Waals surface area contributed by atoms with Crippen molar-refractivity contribution in [2.24, 2.45) is 4.99 Å². The molecule has 0 spiro atoms. The average molecular weight is 240 g/mol. The van der Waals surface area contributed by atoms with E-state index in [0.29, 0.717) is 6.04 Å². The van der Waals surface area contributed by atoms with Gasteiger partial charge in [-0.2, -0.15) is 0 Å². The van der Waals surface area contributed by atoms with Crippen molar-refractivity contribution in [1.29, 1.82) is 0 Å². The number of nitrogens with zero attached hydrogens (tertiary/aromatic N) is 1. The molecule has 0 aromatic heterocycles. The van der Waals surface area contributed by atoms with Crippen LogP contribution in [0.25, 0.3) is 0 Å². The van der Waals surface area contributed by atoms with Crippen LogP contribution in [0.5, 0.6) is 0 Å². The van der Waals surface area contributed by atoms with Crippen molar-refractivity contribution in [3.8, 4) is 0 Å². The summed E-state index contributed by atoms with van der Waals surface area (Å²) in [5.41, 5.74) is 4.59. The van der Waals surface area contributed by atoms with Gasteiger partial charge < -0.3 is 5.32 Å². The van der Waals surface area contributed by atoms with Gasteiger partial charge in [0.2, 0.25) is 0 Å². The van der Waals surface area contributed by atoms with Crippen molar-refractivity contribution in [3.63, 3.8) is 0 Å². The van der Waals surface area contributed by atoms with Crippen LogP contribution in [-0.4, -0.2) is 18.8 Å². The molecular formula is C16H20N2. The van der Waals surface area contributed by atoms with Gasteiger partial charge in [-0.05, 0) is 55.3 Å². The summed E-state index contributed by atoms with van der Waals surface area (Å²) in [6, 6.07) is 7.38. The van der Waals surface area contributed by atoms with E-state index < -0.39 is 0 Å². The molecule has 1 saturated heterocycles. The Hall–Kier alpha value is -1.15. The van der Waals surface area contributed by atoms with Gasteiger partial charge in [0.1, 0.15) is 0 Å². The van der Waals surface area contributed by atoms with E-state index in [2.05, 4.69) is 36.7 Å². The summed E-state index contributed by atoms with van der Waals surface area (Å²) in [6.07, 6.45) is 7.29. The molecule has 3 aliphatic rings.